The molecule has 140 valence electrons. The molecular weight excluding hydrogens is 452 g/mol. The van der Waals surface area contributed by atoms with Gasteiger partial charge in [0.2, 0.25) is 0 Å². The normalized spacial score (nSPS) is 9.92. The molecule has 0 aliphatic carbocycles. The van der Waals surface area contributed by atoms with E-state index in [0.717, 1.165) is 13.1 Å². The molecule has 0 unspecified atom stereocenters. The van der Waals surface area contributed by atoms with Gasteiger partial charge in [0.05, 0.1) is 26.4 Å². The molecule has 0 atom stereocenters. The van der Waals surface area contributed by atoms with Crippen LogP contribution in [0.2, 0.25) is 0 Å². The van der Waals surface area contributed by atoms with Crippen LogP contribution in [0.1, 0.15) is 0 Å². The van der Waals surface area contributed by atoms with Crippen LogP contribution in [-0.4, -0.2) is 39.6 Å². The summed E-state index contributed by atoms with van der Waals surface area (Å²) >= 11 is 0. The number of hydrogen-bond donors (Lipinski definition) is 0. The predicted molar refractivity (Wildman–Crippen MR) is 85.7 cm³/mol. The summed E-state index contributed by atoms with van der Waals surface area (Å²) in [5.41, 5.74) is 0. The Labute approximate surface area is 171 Å². The van der Waals surface area contributed by atoms with Crippen molar-refractivity contribution in [1.82, 2.24) is 0 Å². The fourth-order valence-electron chi connectivity index (χ4n) is 2.05. The van der Waals surface area contributed by atoms with Crippen molar-refractivity contribution in [3.63, 3.8) is 0 Å². The highest BCUT2D eigenvalue weighted by Crippen LogP contribution is 1.83. The van der Waals surface area contributed by atoms with Crippen LogP contribution < -0.4 is 43.1 Å². The van der Waals surface area contributed by atoms with Gasteiger partial charge in [-0.25, -0.2) is 9.13 Å². The van der Waals surface area contributed by atoms with Crippen LogP contribution in [-0.2, 0) is 27.3 Å². The number of ether oxygens (including phenoxy) is 3. The van der Waals surface area contributed by atoms with Gasteiger partial charge in [-0.05, 0) is 0 Å². The lowest BCUT2D eigenvalue weighted by atomic mass is 10.5. The summed E-state index contributed by atoms with van der Waals surface area (Å²) < 4.78 is 20.7. The number of halogens is 2. The average Bonchev–Trinajstić information content (AvgIpc) is 2.61. The van der Waals surface area contributed by atoms with Crippen molar-refractivity contribution in [2.75, 3.05) is 39.6 Å². The number of pyridine rings is 2. The molecule has 0 fully saturated rings. The third-order valence-corrected chi connectivity index (χ3v) is 3.29. The van der Waals surface area contributed by atoms with E-state index in [-0.39, 0.29) is 34.0 Å². The smallest absolute Gasteiger partial charge is 0.171 e. The predicted octanol–water partition coefficient (Wildman–Crippen LogP) is -4.98. The summed E-state index contributed by atoms with van der Waals surface area (Å²) in [6.07, 6.45) is 8.13. The second-order valence-electron chi connectivity index (χ2n) is 5.06. The molecular formula is C18H26Br2N2O3. The molecule has 0 aliphatic rings. The molecule has 0 saturated heterocycles. The van der Waals surface area contributed by atoms with Gasteiger partial charge in [-0.15, -0.1) is 0 Å². The topological polar surface area (TPSA) is 35.5 Å². The van der Waals surface area contributed by atoms with Crippen molar-refractivity contribution in [3.05, 3.63) is 61.2 Å². The van der Waals surface area contributed by atoms with Crippen molar-refractivity contribution in [2.45, 2.75) is 13.1 Å². The Bertz CT molecular complexity index is 471. The van der Waals surface area contributed by atoms with Gasteiger partial charge in [0.1, 0.15) is 13.2 Å². The second kappa shape index (κ2) is 16.6. The summed E-state index contributed by atoms with van der Waals surface area (Å²) in [5, 5.41) is 0. The van der Waals surface area contributed by atoms with Crippen LogP contribution in [0.5, 0.6) is 0 Å². The molecule has 0 bridgehead atoms. The fraction of sp³-hybridized carbons (Fsp3) is 0.444. The quantitative estimate of drug-likeness (QED) is 0.227. The first-order valence-electron chi connectivity index (χ1n) is 8.06. The molecule has 2 aromatic rings. The highest BCUT2D eigenvalue weighted by atomic mass is 79.9. The van der Waals surface area contributed by atoms with Crippen LogP contribution in [0, 0.1) is 0 Å². The van der Waals surface area contributed by atoms with Crippen LogP contribution >= 0.6 is 0 Å². The molecule has 0 saturated carbocycles. The zero-order valence-electron chi connectivity index (χ0n) is 14.3. The minimum atomic E-state index is 0. The molecule has 5 nitrogen and oxygen atoms in total. The summed E-state index contributed by atoms with van der Waals surface area (Å²) in [4.78, 5) is 0. The first-order valence-corrected chi connectivity index (χ1v) is 8.06. The molecule has 0 aliphatic heterocycles. The molecule has 2 aromatic heterocycles. The molecule has 2 rings (SSSR count). The maximum Gasteiger partial charge on any atom is 0.171 e. The number of nitrogens with zero attached hydrogens (tertiary/aromatic N) is 2. The molecule has 0 N–H and O–H groups in total. The maximum atomic E-state index is 5.53. The van der Waals surface area contributed by atoms with Crippen molar-refractivity contribution in [1.29, 1.82) is 0 Å². The second-order valence-corrected chi connectivity index (χ2v) is 5.06. The maximum absolute atomic E-state index is 5.53. The first-order chi connectivity index (χ1) is 11.4. The average molecular weight is 478 g/mol. The lowest BCUT2D eigenvalue weighted by molar-refractivity contribution is -0.698. The summed E-state index contributed by atoms with van der Waals surface area (Å²) in [5.74, 6) is 0. The minimum absolute atomic E-state index is 0. The highest BCUT2D eigenvalue weighted by molar-refractivity contribution is 4.84. The van der Waals surface area contributed by atoms with Gasteiger partial charge >= 0.3 is 0 Å². The van der Waals surface area contributed by atoms with Crippen LogP contribution in [0.25, 0.3) is 0 Å². The van der Waals surface area contributed by atoms with Crippen LogP contribution in [0.4, 0.5) is 0 Å². The lowest BCUT2D eigenvalue weighted by Crippen LogP contribution is -3.00. The fourth-order valence-corrected chi connectivity index (χ4v) is 2.05. The molecule has 2 heterocycles. The Hall–Kier alpha value is -0.860. The summed E-state index contributed by atoms with van der Waals surface area (Å²) in [7, 11) is 0. The van der Waals surface area contributed by atoms with E-state index in [1.807, 2.05) is 61.2 Å². The lowest BCUT2D eigenvalue weighted by Gasteiger charge is -2.05. The van der Waals surface area contributed by atoms with Gasteiger partial charge in [-0.3, -0.25) is 0 Å². The van der Waals surface area contributed by atoms with Gasteiger partial charge < -0.3 is 48.2 Å². The first kappa shape index (κ1) is 24.1. The largest absolute Gasteiger partial charge is 1.00 e. The Morgan fingerprint density at radius 1 is 0.440 bits per heavy atom. The molecule has 7 heteroatoms. The Morgan fingerprint density at radius 2 is 0.760 bits per heavy atom. The Balaban J connectivity index is 0.00000288. The Kier molecular flexibility index (Phi) is 16.0. The molecule has 0 amide bonds. The highest BCUT2D eigenvalue weighted by Gasteiger charge is 1.99. The van der Waals surface area contributed by atoms with Crippen LogP contribution in [0.15, 0.2) is 61.2 Å². The van der Waals surface area contributed by atoms with Crippen molar-refractivity contribution in [3.8, 4) is 0 Å². The molecule has 0 radical (unpaired) electrons. The van der Waals surface area contributed by atoms with E-state index in [9.17, 15) is 0 Å². The van der Waals surface area contributed by atoms with E-state index in [1.54, 1.807) is 0 Å². The van der Waals surface area contributed by atoms with Gasteiger partial charge in [0, 0.05) is 24.3 Å². The number of rotatable bonds is 12. The zero-order chi connectivity index (χ0) is 16.0. The number of aromatic nitrogens is 2. The van der Waals surface area contributed by atoms with Gasteiger partial charge in [0.25, 0.3) is 0 Å². The van der Waals surface area contributed by atoms with E-state index in [0.29, 0.717) is 39.6 Å². The van der Waals surface area contributed by atoms with Crippen molar-refractivity contribution in [2.24, 2.45) is 0 Å². The molecule has 0 spiro atoms. The minimum Gasteiger partial charge on any atom is -1.00 e. The number of hydrogen-bond acceptors (Lipinski definition) is 3. The van der Waals surface area contributed by atoms with E-state index in [2.05, 4.69) is 9.13 Å². The zero-order valence-corrected chi connectivity index (χ0v) is 17.5. The summed E-state index contributed by atoms with van der Waals surface area (Å²) in [6, 6.07) is 12.1. The van der Waals surface area contributed by atoms with E-state index < -0.39 is 0 Å². The summed E-state index contributed by atoms with van der Waals surface area (Å²) in [6.45, 7) is 5.57. The third-order valence-electron chi connectivity index (χ3n) is 3.29. The third kappa shape index (κ3) is 12.2. The van der Waals surface area contributed by atoms with E-state index in [4.69, 9.17) is 14.2 Å². The SMILES string of the molecule is [Br-].[Br-].c1cc[n+](CCOCCOCCOCC[n+]2ccccc2)cc1. The monoisotopic (exact) mass is 476 g/mol. The van der Waals surface area contributed by atoms with Gasteiger partial charge in [-0.1, -0.05) is 12.1 Å². The van der Waals surface area contributed by atoms with Gasteiger partial charge in [0.15, 0.2) is 37.9 Å². The van der Waals surface area contributed by atoms with E-state index in [1.165, 1.54) is 0 Å². The molecule has 25 heavy (non-hydrogen) atoms. The van der Waals surface area contributed by atoms with E-state index >= 15 is 0 Å². The van der Waals surface area contributed by atoms with Crippen molar-refractivity contribution >= 4 is 0 Å². The Morgan fingerprint density at radius 3 is 1.12 bits per heavy atom. The van der Waals surface area contributed by atoms with Gasteiger partial charge in [-0.2, -0.15) is 0 Å². The van der Waals surface area contributed by atoms with Crippen LogP contribution in [0.3, 0.4) is 0 Å². The van der Waals surface area contributed by atoms with Crippen molar-refractivity contribution < 1.29 is 57.3 Å². The molecule has 0 aromatic carbocycles. The standard InChI is InChI=1S/C18H26N2O3.2BrH/c1-3-7-19(8-4-1)11-13-21-15-17-23-18-16-22-14-12-20-9-5-2-6-10-20;;/h1-10H,11-18H2;2*1H/q+2;;/p-2.